The molecule has 1 aromatic heterocycles. The molecule has 0 radical (unpaired) electrons. The molecule has 0 aliphatic heterocycles. The molecule has 5 heteroatoms. The largest absolute Gasteiger partial charge is 0.321 e. The first-order chi connectivity index (χ1) is 11.7. The van der Waals surface area contributed by atoms with Gasteiger partial charge in [-0.3, -0.25) is 9.59 Å². The summed E-state index contributed by atoms with van der Waals surface area (Å²) in [5.74, 6) is -0.287. The summed E-state index contributed by atoms with van der Waals surface area (Å²) in [6, 6.07) is 22.8. The molecule has 0 atom stereocenters. The van der Waals surface area contributed by atoms with Gasteiger partial charge in [0.25, 0.3) is 11.8 Å². The molecule has 3 aromatic rings. The molecule has 5 nitrogen and oxygen atoms in total. The molecule has 0 aliphatic rings. The molecule has 118 valence electrons. The van der Waals surface area contributed by atoms with Crippen molar-refractivity contribution in [3.63, 3.8) is 0 Å². The number of benzene rings is 2. The van der Waals surface area contributed by atoms with Crippen molar-refractivity contribution < 1.29 is 9.59 Å². The number of carbonyl (C=O) groups excluding carboxylic acids is 2. The Balaban J connectivity index is 1.72. The van der Waals surface area contributed by atoms with Crippen molar-refractivity contribution >= 4 is 23.3 Å². The van der Waals surface area contributed by atoms with Gasteiger partial charge in [-0.2, -0.15) is 0 Å². The first kappa shape index (κ1) is 15.4. The predicted octanol–water partition coefficient (Wildman–Crippen LogP) is 3.59. The van der Waals surface area contributed by atoms with Crippen LogP contribution in [0.2, 0.25) is 0 Å². The van der Waals surface area contributed by atoms with Crippen molar-refractivity contribution in [3.8, 4) is 0 Å². The van der Waals surface area contributed by atoms with Gasteiger partial charge in [0, 0.05) is 11.3 Å². The highest BCUT2D eigenvalue weighted by molar-refractivity contribution is 6.05. The SMILES string of the molecule is O=C(Nc1cccc(C(=O)Nc2ccccc2)n1)c1ccccc1. The summed E-state index contributed by atoms with van der Waals surface area (Å²) in [5, 5.41) is 5.44. The maximum Gasteiger partial charge on any atom is 0.274 e. The highest BCUT2D eigenvalue weighted by Crippen LogP contribution is 2.11. The van der Waals surface area contributed by atoms with Crippen molar-refractivity contribution in [2.24, 2.45) is 0 Å². The minimum atomic E-state index is -0.336. The van der Waals surface area contributed by atoms with Gasteiger partial charge in [-0.15, -0.1) is 0 Å². The molecule has 0 saturated carbocycles. The maximum atomic E-state index is 12.2. The molecule has 0 saturated heterocycles. The van der Waals surface area contributed by atoms with E-state index in [-0.39, 0.29) is 17.5 Å². The van der Waals surface area contributed by atoms with Crippen LogP contribution < -0.4 is 10.6 Å². The molecule has 0 fully saturated rings. The predicted molar refractivity (Wildman–Crippen MR) is 93.0 cm³/mol. The lowest BCUT2D eigenvalue weighted by Gasteiger charge is -2.07. The van der Waals surface area contributed by atoms with Gasteiger partial charge < -0.3 is 10.6 Å². The van der Waals surface area contributed by atoms with Gasteiger partial charge in [0.15, 0.2) is 0 Å². The second kappa shape index (κ2) is 7.19. The quantitative estimate of drug-likeness (QED) is 0.772. The molecule has 0 bridgehead atoms. The molecule has 3 rings (SSSR count). The molecule has 2 amide bonds. The molecular formula is C19H15N3O2. The standard InChI is InChI=1S/C19H15N3O2/c23-18(14-8-3-1-4-9-14)22-17-13-7-12-16(21-17)19(24)20-15-10-5-2-6-11-15/h1-13H,(H,20,24)(H,21,22,23). The second-order valence-electron chi connectivity index (χ2n) is 5.05. The highest BCUT2D eigenvalue weighted by Gasteiger charge is 2.10. The van der Waals surface area contributed by atoms with Gasteiger partial charge in [0.05, 0.1) is 0 Å². The summed E-state index contributed by atoms with van der Waals surface area (Å²) in [4.78, 5) is 28.6. The second-order valence-corrected chi connectivity index (χ2v) is 5.05. The van der Waals surface area contributed by atoms with E-state index in [1.165, 1.54) is 0 Å². The van der Waals surface area contributed by atoms with E-state index in [1.807, 2.05) is 24.3 Å². The van der Waals surface area contributed by atoms with Crippen LogP contribution in [0.5, 0.6) is 0 Å². The van der Waals surface area contributed by atoms with Gasteiger partial charge >= 0.3 is 0 Å². The Morgan fingerprint density at radius 3 is 2.04 bits per heavy atom. The topological polar surface area (TPSA) is 71.1 Å². The van der Waals surface area contributed by atoms with Crippen molar-refractivity contribution in [1.29, 1.82) is 0 Å². The van der Waals surface area contributed by atoms with Crippen molar-refractivity contribution in [3.05, 3.63) is 90.1 Å². The molecule has 1 heterocycles. The van der Waals surface area contributed by atoms with Gasteiger partial charge in [0.2, 0.25) is 0 Å². The lowest BCUT2D eigenvalue weighted by Crippen LogP contribution is -2.17. The third-order valence-corrected chi connectivity index (χ3v) is 3.29. The zero-order valence-electron chi connectivity index (χ0n) is 12.8. The molecule has 24 heavy (non-hydrogen) atoms. The fourth-order valence-corrected chi connectivity index (χ4v) is 2.13. The fourth-order valence-electron chi connectivity index (χ4n) is 2.13. The number of aromatic nitrogens is 1. The molecular weight excluding hydrogens is 302 g/mol. The monoisotopic (exact) mass is 317 g/mol. The van der Waals surface area contributed by atoms with Crippen LogP contribution in [-0.4, -0.2) is 16.8 Å². The number of rotatable bonds is 4. The summed E-state index contributed by atoms with van der Waals surface area (Å²) in [5.41, 5.74) is 1.44. The number of amides is 2. The van der Waals surface area contributed by atoms with Crippen LogP contribution in [0.1, 0.15) is 20.8 Å². The zero-order valence-corrected chi connectivity index (χ0v) is 12.8. The van der Waals surface area contributed by atoms with Crippen molar-refractivity contribution in [1.82, 2.24) is 4.98 Å². The third-order valence-electron chi connectivity index (χ3n) is 3.29. The summed E-state index contributed by atoms with van der Waals surface area (Å²) in [6.45, 7) is 0. The molecule has 0 aliphatic carbocycles. The number of anilines is 2. The van der Waals surface area contributed by atoms with E-state index in [0.717, 1.165) is 0 Å². The Labute approximate surface area is 139 Å². The van der Waals surface area contributed by atoms with Crippen LogP contribution in [0.25, 0.3) is 0 Å². The highest BCUT2D eigenvalue weighted by atomic mass is 16.2. The lowest BCUT2D eigenvalue weighted by molar-refractivity contribution is 0.101. The molecule has 0 unspecified atom stereocenters. The number of nitrogens with zero attached hydrogens (tertiary/aromatic N) is 1. The van der Waals surface area contributed by atoms with E-state index in [4.69, 9.17) is 0 Å². The first-order valence-electron chi connectivity index (χ1n) is 7.42. The maximum absolute atomic E-state index is 12.2. The average molecular weight is 317 g/mol. The Hall–Kier alpha value is -3.47. The molecule has 2 N–H and O–H groups in total. The van der Waals surface area contributed by atoms with Gasteiger partial charge in [0.1, 0.15) is 11.5 Å². The fraction of sp³-hybridized carbons (Fsp3) is 0. The zero-order chi connectivity index (χ0) is 16.8. The summed E-state index contributed by atoms with van der Waals surface area (Å²) < 4.78 is 0. The number of hydrogen-bond acceptors (Lipinski definition) is 3. The minimum absolute atomic E-state index is 0.227. The Kier molecular flexibility index (Phi) is 4.62. The number of carbonyl (C=O) groups is 2. The van der Waals surface area contributed by atoms with Crippen LogP contribution in [0.3, 0.4) is 0 Å². The van der Waals surface area contributed by atoms with Crippen LogP contribution >= 0.6 is 0 Å². The van der Waals surface area contributed by atoms with Gasteiger partial charge in [-0.1, -0.05) is 42.5 Å². The van der Waals surface area contributed by atoms with E-state index in [0.29, 0.717) is 17.1 Å². The number of pyridine rings is 1. The van der Waals surface area contributed by atoms with E-state index < -0.39 is 0 Å². The van der Waals surface area contributed by atoms with Crippen molar-refractivity contribution in [2.75, 3.05) is 10.6 Å². The number of hydrogen-bond donors (Lipinski definition) is 2. The molecule has 0 spiro atoms. The van der Waals surface area contributed by atoms with Gasteiger partial charge in [-0.25, -0.2) is 4.98 Å². The van der Waals surface area contributed by atoms with E-state index in [2.05, 4.69) is 15.6 Å². The Bertz CT molecular complexity index is 849. The van der Waals surface area contributed by atoms with E-state index in [1.54, 1.807) is 54.6 Å². The normalized spacial score (nSPS) is 10.0. The Morgan fingerprint density at radius 1 is 0.667 bits per heavy atom. The average Bonchev–Trinajstić information content (AvgIpc) is 2.63. The first-order valence-corrected chi connectivity index (χ1v) is 7.42. The summed E-state index contributed by atoms with van der Waals surface area (Å²) in [7, 11) is 0. The van der Waals surface area contributed by atoms with Crippen LogP contribution in [-0.2, 0) is 0 Å². The number of nitrogens with one attached hydrogen (secondary N) is 2. The smallest absolute Gasteiger partial charge is 0.274 e. The van der Waals surface area contributed by atoms with Gasteiger partial charge in [-0.05, 0) is 36.4 Å². The minimum Gasteiger partial charge on any atom is -0.321 e. The lowest BCUT2D eigenvalue weighted by atomic mass is 10.2. The molecule has 2 aromatic carbocycles. The number of para-hydroxylation sites is 1. The van der Waals surface area contributed by atoms with Crippen LogP contribution in [0, 0.1) is 0 Å². The summed E-state index contributed by atoms with van der Waals surface area (Å²) >= 11 is 0. The van der Waals surface area contributed by atoms with Crippen LogP contribution in [0.15, 0.2) is 78.9 Å². The summed E-state index contributed by atoms with van der Waals surface area (Å²) in [6.07, 6.45) is 0. The third kappa shape index (κ3) is 3.84. The van der Waals surface area contributed by atoms with E-state index >= 15 is 0 Å². The van der Waals surface area contributed by atoms with E-state index in [9.17, 15) is 9.59 Å². The van der Waals surface area contributed by atoms with Crippen molar-refractivity contribution in [2.45, 2.75) is 0 Å². The Morgan fingerprint density at radius 2 is 1.33 bits per heavy atom. The van der Waals surface area contributed by atoms with Crippen LogP contribution in [0.4, 0.5) is 11.5 Å².